The highest BCUT2D eigenvalue weighted by molar-refractivity contribution is 5.36. The van der Waals surface area contributed by atoms with Gasteiger partial charge in [-0.1, -0.05) is 24.0 Å². The lowest BCUT2D eigenvalue weighted by atomic mass is 10.1. The lowest BCUT2D eigenvalue weighted by Crippen LogP contribution is -2.22. The summed E-state index contributed by atoms with van der Waals surface area (Å²) < 4.78 is 5.37. The number of aliphatic hydroxyl groups excluding tert-OH is 1. The molecule has 1 N–H and O–H groups in total. The summed E-state index contributed by atoms with van der Waals surface area (Å²) in [5.74, 6) is 5.97. The van der Waals surface area contributed by atoms with Crippen LogP contribution in [0, 0.1) is 11.8 Å². The second kappa shape index (κ2) is 7.30. The summed E-state index contributed by atoms with van der Waals surface area (Å²) in [6, 6.07) is 8.35. The monoisotopic (exact) mass is 259 g/mol. The number of ether oxygens (including phenoxy) is 1. The van der Waals surface area contributed by atoms with Crippen molar-refractivity contribution in [2.24, 2.45) is 0 Å². The number of hydrogen-bond acceptors (Lipinski definition) is 3. The second-order valence-electron chi connectivity index (χ2n) is 4.85. The van der Waals surface area contributed by atoms with Gasteiger partial charge in [0.25, 0.3) is 0 Å². The van der Waals surface area contributed by atoms with Gasteiger partial charge in [0.2, 0.25) is 0 Å². The van der Waals surface area contributed by atoms with Crippen LogP contribution in [-0.4, -0.2) is 42.9 Å². The molecule has 1 heterocycles. The van der Waals surface area contributed by atoms with Crippen LogP contribution in [0.25, 0.3) is 0 Å². The van der Waals surface area contributed by atoms with E-state index in [-0.39, 0.29) is 6.61 Å². The fourth-order valence-electron chi connectivity index (χ4n) is 2.31. The standard InChI is InChI=1S/C16H21NO2/c1-19-16-9-10-17(13-16)12-15-7-5-14(6-8-15)4-2-3-11-18/h5-8,16,18H,3,9-13H2,1H3. The molecule has 0 aliphatic carbocycles. The zero-order valence-electron chi connectivity index (χ0n) is 11.4. The molecule has 19 heavy (non-hydrogen) atoms. The first kappa shape index (κ1) is 14.1. The Labute approximate surface area is 115 Å². The number of nitrogens with zero attached hydrogens (tertiary/aromatic N) is 1. The molecule has 0 bridgehead atoms. The summed E-state index contributed by atoms with van der Waals surface area (Å²) in [4.78, 5) is 2.42. The first-order valence-electron chi connectivity index (χ1n) is 6.75. The maximum absolute atomic E-state index is 8.67. The molecule has 1 aliphatic rings. The quantitative estimate of drug-likeness (QED) is 0.834. The van der Waals surface area contributed by atoms with Gasteiger partial charge in [0.1, 0.15) is 0 Å². The number of benzene rings is 1. The molecule has 0 saturated carbocycles. The van der Waals surface area contributed by atoms with Crippen LogP contribution < -0.4 is 0 Å². The molecule has 0 radical (unpaired) electrons. The van der Waals surface area contributed by atoms with Crippen molar-refractivity contribution in [1.82, 2.24) is 4.90 Å². The molecule has 1 saturated heterocycles. The topological polar surface area (TPSA) is 32.7 Å². The first-order chi connectivity index (χ1) is 9.31. The molecule has 1 aromatic carbocycles. The molecule has 1 aliphatic heterocycles. The molecule has 1 atom stereocenters. The van der Waals surface area contributed by atoms with Gasteiger partial charge >= 0.3 is 0 Å². The van der Waals surface area contributed by atoms with Gasteiger partial charge in [0.05, 0.1) is 12.7 Å². The number of aliphatic hydroxyl groups is 1. The van der Waals surface area contributed by atoms with Crippen LogP contribution in [0.4, 0.5) is 0 Å². The zero-order valence-corrected chi connectivity index (χ0v) is 11.4. The van der Waals surface area contributed by atoms with Gasteiger partial charge in [-0.25, -0.2) is 0 Å². The summed E-state index contributed by atoms with van der Waals surface area (Å²) in [7, 11) is 1.79. The van der Waals surface area contributed by atoms with Crippen LogP contribution in [-0.2, 0) is 11.3 Å². The van der Waals surface area contributed by atoms with E-state index >= 15 is 0 Å². The van der Waals surface area contributed by atoms with E-state index in [0.29, 0.717) is 12.5 Å². The Morgan fingerprint density at radius 3 is 2.79 bits per heavy atom. The van der Waals surface area contributed by atoms with Gasteiger partial charge < -0.3 is 9.84 Å². The first-order valence-corrected chi connectivity index (χ1v) is 6.75. The van der Waals surface area contributed by atoms with Crippen LogP contribution in [0.5, 0.6) is 0 Å². The lowest BCUT2D eigenvalue weighted by Gasteiger charge is -2.15. The van der Waals surface area contributed by atoms with Crippen LogP contribution in [0.2, 0.25) is 0 Å². The lowest BCUT2D eigenvalue weighted by molar-refractivity contribution is 0.107. The van der Waals surface area contributed by atoms with E-state index < -0.39 is 0 Å². The van der Waals surface area contributed by atoms with Crippen molar-refractivity contribution < 1.29 is 9.84 Å². The summed E-state index contributed by atoms with van der Waals surface area (Å²) in [5, 5.41) is 8.67. The Morgan fingerprint density at radius 2 is 2.16 bits per heavy atom. The fourth-order valence-corrected chi connectivity index (χ4v) is 2.31. The molecule has 1 unspecified atom stereocenters. The van der Waals surface area contributed by atoms with Gasteiger partial charge in [0, 0.05) is 38.7 Å². The molecule has 2 rings (SSSR count). The average molecular weight is 259 g/mol. The van der Waals surface area contributed by atoms with E-state index in [1.54, 1.807) is 7.11 Å². The van der Waals surface area contributed by atoms with Gasteiger partial charge in [-0.15, -0.1) is 0 Å². The number of rotatable bonds is 4. The molecule has 102 valence electrons. The molecule has 1 aromatic rings. The Morgan fingerprint density at radius 1 is 1.37 bits per heavy atom. The molecule has 3 nitrogen and oxygen atoms in total. The van der Waals surface area contributed by atoms with Crippen molar-refractivity contribution >= 4 is 0 Å². The van der Waals surface area contributed by atoms with Crippen LogP contribution in [0.3, 0.4) is 0 Å². The highest BCUT2D eigenvalue weighted by atomic mass is 16.5. The van der Waals surface area contributed by atoms with Gasteiger partial charge in [0.15, 0.2) is 0 Å². The molecule has 3 heteroatoms. The molecule has 0 aromatic heterocycles. The number of hydrogen-bond donors (Lipinski definition) is 1. The fraction of sp³-hybridized carbons (Fsp3) is 0.500. The van der Waals surface area contributed by atoms with Gasteiger partial charge in [-0.2, -0.15) is 0 Å². The highest BCUT2D eigenvalue weighted by Gasteiger charge is 2.21. The summed E-state index contributed by atoms with van der Waals surface area (Å²) in [6.45, 7) is 3.23. The van der Waals surface area contributed by atoms with Crippen molar-refractivity contribution in [3.05, 3.63) is 35.4 Å². The Balaban J connectivity index is 1.87. The molecular formula is C16H21NO2. The largest absolute Gasteiger partial charge is 0.395 e. The van der Waals surface area contributed by atoms with Crippen molar-refractivity contribution in [3.8, 4) is 11.8 Å². The predicted molar refractivity (Wildman–Crippen MR) is 75.7 cm³/mol. The number of likely N-dealkylation sites (tertiary alicyclic amines) is 1. The highest BCUT2D eigenvalue weighted by Crippen LogP contribution is 2.15. The van der Waals surface area contributed by atoms with E-state index in [2.05, 4.69) is 28.9 Å². The average Bonchev–Trinajstić information content (AvgIpc) is 2.89. The van der Waals surface area contributed by atoms with Crippen molar-refractivity contribution in [3.63, 3.8) is 0 Å². The third-order valence-electron chi connectivity index (χ3n) is 3.39. The summed E-state index contributed by atoms with van der Waals surface area (Å²) in [6.07, 6.45) is 2.05. The summed E-state index contributed by atoms with van der Waals surface area (Å²) >= 11 is 0. The Kier molecular flexibility index (Phi) is 5.41. The third kappa shape index (κ3) is 4.36. The molecule has 0 spiro atoms. The van der Waals surface area contributed by atoms with E-state index in [0.717, 1.165) is 31.6 Å². The van der Waals surface area contributed by atoms with E-state index in [9.17, 15) is 0 Å². The van der Waals surface area contributed by atoms with Gasteiger partial charge in [-0.05, 0) is 24.1 Å². The van der Waals surface area contributed by atoms with Gasteiger partial charge in [-0.3, -0.25) is 4.90 Å². The van der Waals surface area contributed by atoms with E-state index in [1.165, 1.54) is 5.56 Å². The Bertz CT molecular complexity index is 444. The van der Waals surface area contributed by atoms with Crippen LogP contribution in [0.15, 0.2) is 24.3 Å². The minimum atomic E-state index is 0.126. The molecule has 1 fully saturated rings. The second-order valence-corrected chi connectivity index (χ2v) is 4.85. The minimum absolute atomic E-state index is 0.126. The smallest absolute Gasteiger partial charge is 0.0710 e. The zero-order chi connectivity index (χ0) is 13.5. The van der Waals surface area contributed by atoms with Crippen molar-refractivity contribution in [2.75, 3.05) is 26.8 Å². The Hall–Kier alpha value is -1.34. The van der Waals surface area contributed by atoms with Crippen LogP contribution >= 0.6 is 0 Å². The third-order valence-corrected chi connectivity index (χ3v) is 3.39. The minimum Gasteiger partial charge on any atom is -0.395 e. The maximum atomic E-state index is 8.67. The predicted octanol–water partition coefficient (Wildman–Crippen LogP) is 1.64. The van der Waals surface area contributed by atoms with Crippen LogP contribution in [0.1, 0.15) is 24.0 Å². The van der Waals surface area contributed by atoms with Crippen molar-refractivity contribution in [1.29, 1.82) is 0 Å². The molecule has 0 amide bonds. The maximum Gasteiger partial charge on any atom is 0.0710 e. The summed E-state index contributed by atoms with van der Waals surface area (Å²) in [5.41, 5.74) is 2.32. The molecular weight excluding hydrogens is 238 g/mol. The van der Waals surface area contributed by atoms with E-state index in [4.69, 9.17) is 9.84 Å². The SMILES string of the molecule is COC1CCN(Cc2ccc(C#CCCO)cc2)C1. The number of methoxy groups -OCH3 is 1. The normalized spacial score (nSPS) is 19.2. The van der Waals surface area contributed by atoms with Crippen molar-refractivity contribution in [2.45, 2.75) is 25.5 Å². The van der Waals surface area contributed by atoms with E-state index in [1.807, 2.05) is 12.1 Å².